The van der Waals surface area contributed by atoms with Crippen LogP contribution in [0.4, 0.5) is 4.39 Å². The first kappa shape index (κ1) is 13.6. The van der Waals surface area contributed by atoms with E-state index in [2.05, 4.69) is 34.2 Å². The van der Waals surface area contributed by atoms with E-state index in [4.69, 9.17) is 0 Å². The first-order valence-corrected chi connectivity index (χ1v) is 8.35. The fourth-order valence-electron chi connectivity index (χ4n) is 2.84. The number of pyridine rings is 1. The summed E-state index contributed by atoms with van der Waals surface area (Å²) in [7, 11) is 0. The molecule has 1 aliphatic carbocycles. The first-order chi connectivity index (χ1) is 10.8. The fourth-order valence-corrected chi connectivity index (χ4v) is 3.50. The van der Waals surface area contributed by atoms with Gasteiger partial charge in [-0.2, -0.15) is 0 Å². The highest BCUT2D eigenvalue weighted by molar-refractivity contribution is 7.16. The number of hydrogen-bond donors (Lipinski definition) is 0. The van der Waals surface area contributed by atoms with Gasteiger partial charge in [0.25, 0.3) is 0 Å². The van der Waals surface area contributed by atoms with Crippen LogP contribution in [0.2, 0.25) is 0 Å². The lowest BCUT2D eigenvalue weighted by molar-refractivity contribution is 0.399. The predicted molar refractivity (Wildman–Crippen MR) is 89.0 cm³/mol. The van der Waals surface area contributed by atoms with Gasteiger partial charge < -0.3 is 0 Å². The zero-order chi connectivity index (χ0) is 14.9. The third-order valence-electron chi connectivity index (χ3n) is 4.25. The van der Waals surface area contributed by atoms with Crippen molar-refractivity contribution in [1.82, 2.24) is 9.97 Å². The largest absolute Gasteiger partial charge is 0.254 e. The van der Waals surface area contributed by atoms with E-state index in [1.54, 1.807) is 23.6 Å². The number of benzene rings is 1. The van der Waals surface area contributed by atoms with Crippen LogP contribution in [0.3, 0.4) is 0 Å². The molecule has 0 saturated heterocycles. The summed E-state index contributed by atoms with van der Waals surface area (Å²) in [6, 6.07) is 9.33. The molecule has 3 aromatic rings. The molecule has 1 saturated carbocycles. The minimum atomic E-state index is -0.240. The standard InChI is InChI=1S/C18H15FN2S/c19-15-5-2-8-20-18(15)14(13-3-1-4-13)9-12-6-7-17-16(10-12)21-11-22-17/h2,5-11,13H,1,3-4H2/b14-9+. The minimum Gasteiger partial charge on any atom is -0.254 e. The zero-order valence-corrected chi connectivity index (χ0v) is 12.8. The van der Waals surface area contributed by atoms with Crippen molar-refractivity contribution in [2.24, 2.45) is 5.92 Å². The van der Waals surface area contributed by atoms with Crippen molar-refractivity contribution in [2.75, 3.05) is 0 Å². The molecule has 0 aliphatic heterocycles. The normalized spacial score (nSPS) is 16.0. The minimum absolute atomic E-state index is 0.240. The van der Waals surface area contributed by atoms with Crippen LogP contribution in [0.5, 0.6) is 0 Å². The van der Waals surface area contributed by atoms with E-state index < -0.39 is 0 Å². The molecule has 0 bridgehead atoms. The van der Waals surface area contributed by atoms with Gasteiger partial charge in [-0.25, -0.2) is 9.37 Å². The maximum atomic E-state index is 14.2. The highest BCUT2D eigenvalue weighted by Gasteiger charge is 2.25. The van der Waals surface area contributed by atoms with Crippen molar-refractivity contribution < 1.29 is 4.39 Å². The van der Waals surface area contributed by atoms with Gasteiger partial charge >= 0.3 is 0 Å². The summed E-state index contributed by atoms with van der Waals surface area (Å²) in [5.74, 6) is 0.172. The van der Waals surface area contributed by atoms with Gasteiger partial charge in [0, 0.05) is 6.20 Å². The summed E-state index contributed by atoms with van der Waals surface area (Å²) in [5.41, 5.74) is 5.41. The van der Waals surface area contributed by atoms with Gasteiger partial charge in [0.05, 0.1) is 15.7 Å². The van der Waals surface area contributed by atoms with E-state index >= 15 is 0 Å². The number of halogens is 1. The summed E-state index contributed by atoms with van der Waals surface area (Å²) in [6.45, 7) is 0. The monoisotopic (exact) mass is 310 g/mol. The molecule has 0 radical (unpaired) electrons. The van der Waals surface area contributed by atoms with E-state index in [1.807, 2.05) is 5.51 Å². The summed E-state index contributed by atoms with van der Waals surface area (Å²) in [4.78, 5) is 8.63. The molecule has 4 rings (SSSR count). The predicted octanol–water partition coefficient (Wildman–Crippen LogP) is 5.17. The Kier molecular flexibility index (Phi) is 3.47. The Morgan fingerprint density at radius 3 is 2.91 bits per heavy atom. The van der Waals surface area contributed by atoms with E-state index in [9.17, 15) is 4.39 Å². The molecule has 2 nitrogen and oxygen atoms in total. The zero-order valence-electron chi connectivity index (χ0n) is 12.0. The molecule has 1 aliphatic rings. The molecule has 22 heavy (non-hydrogen) atoms. The average molecular weight is 310 g/mol. The molecular formula is C18H15FN2S. The van der Waals surface area contributed by atoms with Crippen LogP contribution in [0.1, 0.15) is 30.5 Å². The van der Waals surface area contributed by atoms with E-state index in [1.165, 1.54) is 17.2 Å². The second-order valence-electron chi connectivity index (χ2n) is 5.64. The lowest BCUT2D eigenvalue weighted by Crippen LogP contribution is -2.14. The third-order valence-corrected chi connectivity index (χ3v) is 5.06. The summed E-state index contributed by atoms with van der Waals surface area (Å²) in [6.07, 6.45) is 7.17. The summed E-state index contributed by atoms with van der Waals surface area (Å²) >= 11 is 1.63. The lowest BCUT2D eigenvalue weighted by atomic mass is 9.77. The molecule has 0 amide bonds. The molecular weight excluding hydrogens is 295 g/mol. The highest BCUT2D eigenvalue weighted by atomic mass is 32.1. The van der Waals surface area contributed by atoms with E-state index in [0.717, 1.165) is 29.5 Å². The van der Waals surface area contributed by atoms with E-state index in [-0.39, 0.29) is 5.82 Å². The Bertz CT molecular complexity index is 849. The molecule has 0 N–H and O–H groups in total. The number of aromatic nitrogens is 2. The van der Waals surface area contributed by atoms with Gasteiger partial charge in [0.15, 0.2) is 0 Å². The molecule has 1 fully saturated rings. The molecule has 4 heteroatoms. The smallest absolute Gasteiger partial charge is 0.149 e. The number of hydrogen-bond acceptors (Lipinski definition) is 3. The Balaban J connectivity index is 1.81. The molecule has 0 unspecified atom stereocenters. The van der Waals surface area contributed by atoms with Gasteiger partial charge in [0.2, 0.25) is 0 Å². The Morgan fingerprint density at radius 2 is 2.14 bits per heavy atom. The van der Waals surface area contributed by atoms with Crippen LogP contribution in [0, 0.1) is 11.7 Å². The molecule has 0 atom stereocenters. The van der Waals surface area contributed by atoms with Gasteiger partial charge in [-0.05, 0) is 60.2 Å². The number of fused-ring (bicyclic) bond motifs is 1. The molecule has 110 valence electrons. The Hall–Kier alpha value is -2.07. The maximum absolute atomic E-state index is 14.2. The van der Waals surface area contributed by atoms with Crippen LogP contribution in [0.15, 0.2) is 42.0 Å². The molecule has 2 heterocycles. The van der Waals surface area contributed by atoms with Gasteiger partial charge in [-0.15, -0.1) is 11.3 Å². The molecule has 0 spiro atoms. The second-order valence-corrected chi connectivity index (χ2v) is 6.53. The van der Waals surface area contributed by atoms with Gasteiger partial charge in [0.1, 0.15) is 11.5 Å². The van der Waals surface area contributed by atoms with Crippen LogP contribution in [0.25, 0.3) is 21.9 Å². The topological polar surface area (TPSA) is 25.8 Å². The van der Waals surface area contributed by atoms with Crippen LogP contribution in [-0.4, -0.2) is 9.97 Å². The van der Waals surface area contributed by atoms with Crippen LogP contribution < -0.4 is 0 Å². The molecule has 2 aromatic heterocycles. The highest BCUT2D eigenvalue weighted by Crippen LogP contribution is 2.40. The number of nitrogens with zero attached hydrogens (tertiary/aromatic N) is 2. The van der Waals surface area contributed by atoms with Crippen molar-refractivity contribution in [2.45, 2.75) is 19.3 Å². The van der Waals surface area contributed by atoms with Crippen LogP contribution in [-0.2, 0) is 0 Å². The van der Waals surface area contributed by atoms with Gasteiger partial charge in [-0.1, -0.05) is 12.5 Å². The number of thiazole rings is 1. The lowest BCUT2D eigenvalue weighted by Gasteiger charge is -2.28. The van der Waals surface area contributed by atoms with Crippen LogP contribution >= 0.6 is 11.3 Å². The van der Waals surface area contributed by atoms with Crippen molar-refractivity contribution in [1.29, 1.82) is 0 Å². The van der Waals surface area contributed by atoms with Gasteiger partial charge in [-0.3, -0.25) is 4.98 Å². The maximum Gasteiger partial charge on any atom is 0.149 e. The fraction of sp³-hybridized carbons (Fsp3) is 0.222. The number of allylic oxidation sites excluding steroid dienone is 1. The second kappa shape index (κ2) is 5.61. The quantitative estimate of drug-likeness (QED) is 0.667. The third kappa shape index (κ3) is 2.44. The van der Waals surface area contributed by atoms with E-state index in [0.29, 0.717) is 11.6 Å². The van der Waals surface area contributed by atoms with Crippen molar-refractivity contribution in [3.05, 3.63) is 59.1 Å². The van der Waals surface area contributed by atoms with Crippen molar-refractivity contribution >= 4 is 33.2 Å². The first-order valence-electron chi connectivity index (χ1n) is 7.47. The Morgan fingerprint density at radius 1 is 1.23 bits per heavy atom. The summed E-state index contributed by atoms with van der Waals surface area (Å²) < 4.78 is 15.3. The Labute approximate surface area is 132 Å². The number of rotatable bonds is 3. The summed E-state index contributed by atoms with van der Waals surface area (Å²) in [5, 5.41) is 0. The van der Waals surface area contributed by atoms with Crippen molar-refractivity contribution in [3.63, 3.8) is 0 Å². The average Bonchev–Trinajstić information content (AvgIpc) is 2.93. The SMILES string of the molecule is Fc1cccnc1/C(=C/c1ccc2scnc2c1)C1CCC1. The molecule has 1 aromatic carbocycles. The van der Waals surface area contributed by atoms with Crippen molar-refractivity contribution in [3.8, 4) is 0 Å².